The minimum absolute atomic E-state index is 0.0289. The van der Waals surface area contributed by atoms with Gasteiger partial charge in [-0.3, -0.25) is 4.79 Å². The third-order valence-corrected chi connectivity index (χ3v) is 4.41. The monoisotopic (exact) mass is 291 g/mol. The Morgan fingerprint density at radius 1 is 1.38 bits per heavy atom. The van der Waals surface area contributed by atoms with Gasteiger partial charge in [0.05, 0.1) is 38.5 Å². The third kappa shape index (κ3) is 2.51. The smallest absolute Gasteiger partial charge is 0.254 e. The van der Waals surface area contributed by atoms with Crippen LogP contribution in [0.3, 0.4) is 0 Å². The van der Waals surface area contributed by atoms with Crippen molar-refractivity contribution >= 4 is 5.91 Å². The number of carbonyl (C=O) groups excluding carboxylic acids is 1. The number of fused-ring (bicyclic) bond motifs is 2. The van der Waals surface area contributed by atoms with Crippen LogP contribution in [-0.4, -0.2) is 48.3 Å². The highest BCUT2D eigenvalue weighted by molar-refractivity contribution is 5.95. The molecule has 3 rings (SSSR count). The second kappa shape index (κ2) is 5.66. The van der Waals surface area contributed by atoms with Crippen LogP contribution in [0, 0.1) is 0 Å². The largest absolute Gasteiger partial charge is 0.496 e. The highest BCUT2D eigenvalue weighted by atomic mass is 16.5. The maximum atomic E-state index is 12.8. The number of aliphatic hydroxyl groups excluding tert-OH is 1. The number of hydrogen-bond donors (Lipinski definition) is 1. The molecule has 0 aliphatic carbocycles. The average molecular weight is 291 g/mol. The molecule has 2 fully saturated rings. The molecule has 2 saturated heterocycles. The molecule has 2 bridgehead atoms. The van der Waals surface area contributed by atoms with E-state index >= 15 is 0 Å². The molecule has 5 nitrogen and oxygen atoms in total. The summed E-state index contributed by atoms with van der Waals surface area (Å²) in [5.41, 5.74) is 1.30. The van der Waals surface area contributed by atoms with Crippen molar-refractivity contribution in [2.24, 2.45) is 0 Å². The van der Waals surface area contributed by atoms with Crippen molar-refractivity contribution in [1.29, 1.82) is 0 Å². The Morgan fingerprint density at radius 3 is 2.62 bits per heavy atom. The number of nitrogens with zero attached hydrogens (tertiary/aromatic N) is 1. The number of hydrogen-bond acceptors (Lipinski definition) is 4. The molecule has 2 heterocycles. The Labute approximate surface area is 124 Å². The number of amides is 1. The first kappa shape index (κ1) is 14.4. The summed E-state index contributed by atoms with van der Waals surface area (Å²) in [5, 5.41) is 9.72. The molecule has 3 unspecified atom stereocenters. The van der Waals surface area contributed by atoms with Crippen LogP contribution in [0.15, 0.2) is 18.2 Å². The molecule has 1 aromatic rings. The first-order valence-electron chi connectivity index (χ1n) is 7.38. The standard InChI is InChI=1S/C16H21NO4/c1-10(18)14-6-3-11(7-15(14)20-2)16(19)17-12-4-5-13(17)9-21-8-12/h3,6-7,10,12-13,18H,4-5,8-9H2,1-2H3. The van der Waals surface area contributed by atoms with Gasteiger partial charge in [-0.25, -0.2) is 0 Å². The lowest BCUT2D eigenvalue weighted by Crippen LogP contribution is -2.49. The molecule has 114 valence electrons. The van der Waals surface area contributed by atoms with Gasteiger partial charge in [-0.15, -0.1) is 0 Å². The van der Waals surface area contributed by atoms with Gasteiger partial charge in [-0.2, -0.15) is 0 Å². The van der Waals surface area contributed by atoms with E-state index in [0.29, 0.717) is 30.1 Å². The Hall–Kier alpha value is -1.59. The van der Waals surface area contributed by atoms with Gasteiger partial charge < -0.3 is 19.5 Å². The van der Waals surface area contributed by atoms with Crippen molar-refractivity contribution in [3.8, 4) is 5.75 Å². The normalized spacial score (nSPS) is 25.8. The van der Waals surface area contributed by atoms with Crippen molar-refractivity contribution in [2.75, 3.05) is 20.3 Å². The quantitative estimate of drug-likeness (QED) is 0.922. The average Bonchev–Trinajstić information content (AvgIpc) is 2.74. The Balaban J connectivity index is 1.88. The summed E-state index contributed by atoms with van der Waals surface area (Å²) in [6, 6.07) is 5.64. The first-order valence-corrected chi connectivity index (χ1v) is 7.38. The second-order valence-electron chi connectivity index (χ2n) is 5.77. The number of benzene rings is 1. The number of aliphatic hydroxyl groups is 1. The Morgan fingerprint density at radius 2 is 2.05 bits per heavy atom. The van der Waals surface area contributed by atoms with E-state index in [2.05, 4.69) is 0 Å². The summed E-state index contributed by atoms with van der Waals surface area (Å²) in [4.78, 5) is 14.7. The molecule has 1 N–H and O–H groups in total. The van der Waals surface area contributed by atoms with E-state index < -0.39 is 6.10 Å². The summed E-state index contributed by atoms with van der Waals surface area (Å²) in [6.07, 6.45) is 1.40. The van der Waals surface area contributed by atoms with Gasteiger partial charge in [0.25, 0.3) is 5.91 Å². The zero-order chi connectivity index (χ0) is 15.0. The van der Waals surface area contributed by atoms with Crippen LogP contribution < -0.4 is 4.74 Å². The summed E-state index contributed by atoms with van der Waals surface area (Å²) in [6.45, 7) is 2.94. The minimum Gasteiger partial charge on any atom is -0.496 e. The van der Waals surface area contributed by atoms with E-state index in [4.69, 9.17) is 9.47 Å². The maximum absolute atomic E-state index is 12.8. The van der Waals surface area contributed by atoms with E-state index in [1.54, 1.807) is 32.2 Å². The van der Waals surface area contributed by atoms with Gasteiger partial charge in [0.15, 0.2) is 0 Å². The van der Waals surface area contributed by atoms with Crippen molar-refractivity contribution < 1.29 is 19.4 Å². The van der Waals surface area contributed by atoms with E-state index in [9.17, 15) is 9.90 Å². The van der Waals surface area contributed by atoms with Crippen LogP contribution in [0.25, 0.3) is 0 Å². The summed E-state index contributed by atoms with van der Waals surface area (Å²) in [5.74, 6) is 0.581. The number of methoxy groups -OCH3 is 1. The van der Waals surface area contributed by atoms with Gasteiger partial charge in [-0.05, 0) is 31.9 Å². The predicted molar refractivity (Wildman–Crippen MR) is 77.4 cm³/mol. The Kier molecular flexibility index (Phi) is 3.87. The van der Waals surface area contributed by atoms with Crippen molar-refractivity contribution in [3.05, 3.63) is 29.3 Å². The van der Waals surface area contributed by atoms with Gasteiger partial charge in [0.1, 0.15) is 5.75 Å². The molecule has 2 aliphatic rings. The zero-order valence-corrected chi connectivity index (χ0v) is 12.4. The van der Waals surface area contributed by atoms with Gasteiger partial charge in [0, 0.05) is 11.1 Å². The molecule has 0 radical (unpaired) electrons. The number of morpholine rings is 1. The third-order valence-electron chi connectivity index (χ3n) is 4.41. The molecule has 0 aromatic heterocycles. The van der Waals surface area contributed by atoms with E-state index in [1.807, 2.05) is 4.90 Å². The first-order chi connectivity index (χ1) is 10.1. The highest BCUT2D eigenvalue weighted by Gasteiger charge is 2.40. The number of rotatable bonds is 3. The van der Waals surface area contributed by atoms with E-state index in [0.717, 1.165) is 12.8 Å². The van der Waals surface area contributed by atoms with Gasteiger partial charge in [0.2, 0.25) is 0 Å². The Bertz CT molecular complexity index is 527. The molecule has 3 atom stereocenters. The minimum atomic E-state index is -0.622. The van der Waals surface area contributed by atoms with Crippen molar-refractivity contribution in [1.82, 2.24) is 4.90 Å². The lowest BCUT2D eigenvalue weighted by molar-refractivity contribution is -0.00717. The SMILES string of the molecule is COc1cc(C(=O)N2C3CCC2COC3)ccc1C(C)O. The molecule has 5 heteroatoms. The van der Waals surface area contributed by atoms with E-state index in [1.165, 1.54) is 0 Å². The summed E-state index contributed by atoms with van der Waals surface area (Å²) >= 11 is 0. The molecule has 0 saturated carbocycles. The zero-order valence-electron chi connectivity index (χ0n) is 12.4. The molecule has 1 aromatic carbocycles. The molecule has 1 amide bonds. The lowest BCUT2D eigenvalue weighted by Gasteiger charge is -2.34. The van der Waals surface area contributed by atoms with Crippen molar-refractivity contribution in [3.63, 3.8) is 0 Å². The molecule has 2 aliphatic heterocycles. The molecule has 0 spiro atoms. The predicted octanol–water partition coefficient (Wildman–Crippen LogP) is 1.75. The van der Waals surface area contributed by atoms with Crippen molar-refractivity contribution in [2.45, 2.75) is 38.0 Å². The lowest BCUT2D eigenvalue weighted by atomic mass is 10.0. The number of carbonyl (C=O) groups is 1. The number of ether oxygens (including phenoxy) is 2. The second-order valence-corrected chi connectivity index (χ2v) is 5.77. The molecular formula is C16H21NO4. The van der Waals surface area contributed by atoms with Crippen LogP contribution in [0.4, 0.5) is 0 Å². The molecule has 21 heavy (non-hydrogen) atoms. The van der Waals surface area contributed by atoms with Crippen LogP contribution in [0.2, 0.25) is 0 Å². The fraction of sp³-hybridized carbons (Fsp3) is 0.562. The van der Waals surface area contributed by atoms with Crippen LogP contribution >= 0.6 is 0 Å². The van der Waals surface area contributed by atoms with E-state index in [-0.39, 0.29) is 18.0 Å². The topological polar surface area (TPSA) is 59.0 Å². The summed E-state index contributed by atoms with van der Waals surface area (Å²) < 4.78 is 10.8. The fourth-order valence-electron chi connectivity index (χ4n) is 3.30. The molecular weight excluding hydrogens is 270 g/mol. The van der Waals surface area contributed by atoms with Crippen LogP contribution in [0.5, 0.6) is 5.75 Å². The van der Waals surface area contributed by atoms with Gasteiger partial charge >= 0.3 is 0 Å². The van der Waals surface area contributed by atoms with Crippen LogP contribution in [-0.2, 0) is 4.74 Å². The summed E-state index contributed by atoms with van der Waals surface area (Å²) in [7, 11) is 1.55. The highest BCUT2D eigenvalue weighted by Crippen LogP contribution is 2.32. The van der Waals surface area contributed by atoms with Crippen LogP contribution in [0.1, 0.15) is 41.8 Å². The fourth-order valence-corrected chi connectivity index (χ4v) is 3.30. The van der Waals surface area contributed by atoms with Gasteiger partial charge in [-0.1, -0.05) is 6.07 Å². The maximum Gasteiger partial charge on any atom is 0.254 e.